The number of benzene rings is 1. The van der Waals surface area contributed by atoms with E-state index in [4.69, 9.17) is 9.47 Å². The van der Waals surface area contributed by atoms with Crippen LogP contribution in [0.2, 0.25) is 0 Å². The van der Waals surface area contributed by atoms with E-state index in [9.17, 15) is 9.90 Å². The van der Waals surface area contributed by atoms with Gasteiger partial charge in [-0.25, -0.2) is 0 Å². The molecule has 0 aliphatic carbocycles. The molecule has 1 N–H and O–H groups in total. The second kappa shape index (κ2) is 6.45. The van der Waals surface area contributed by atoms with Gasteiger partial charge >= 0.3 is 0 Å². The van der Waals surface area contributed by atoms with Gasteiger partial charge in [-0.2, -0.15) is 0 Å². The van der Waals surface area contributed by atoms with Crippen molar-refractivity contribution in [3.63, 3.8) is 0 Å². The minimum atomic E-state index is -0.00240. The molecule has 2 aliphatic rings. The fourth-order valence-electron chi connectivity index (χ4n) is 2.85. The van der Waals surface area contributed by atoms with Gasteiger partial charge in [-0.15, -0.1) is 0 Å². The lowest BCUT2D eigenvalue weighted by Gasteiger charge is -2.24. The minimum absolute atomic E-state index is 0.00240. The number of carbonyl (C=O) groups is 1. The van der Waals surface area contributed by atoms with E-state index in [2.05, 4.69) is 0 Å². The molecule has 21 heavy (non-hydrogen) atoms. The van der Waals surface area contributed by atoms with Crippen LogP contribution < -0.4 is 4.74 Å². The van der Waals surface area contributed by atoms with Crippen molar-refractivity contribution in [3.05, 3.63) is 29.3 Å². The first-order valence-electron chi connectivity index (χ1n) is 7.51. The van der Waals surface area contributed by atoms with Crippen molar-refractivity contribution in [1.82, 2.24) is 4.90 Å². The van der Waals surface area contributed by atoms with Gasteiger partial charge in [-0.05, 0) is 36.6 Å². The van der Waals surface area contributed by atoms with Gasteiger partial charge in [0.2, 0.25) is 0 Å². The SMILES string of the molecule is O=C(c1ccc2c(c1)CCCO2)N1CCOCC(CO)C1. The second-order valence-corrected chi connectivity index (χ2v) is 5.65. The van der Waals surface area contributed by atoms with Gasteiger partial charge in [0.15, 0.2) is 0 Å². The van der Waals surface area contributed by atoms with Crippen molar-refractivity contribution in [2.24, 2.45) is 5.92 Å². The van der Waals surface area contributed by atoms with Crippen LogP contribution in [-0.2, 0) is 11.2 Å². The van der Waals surface area contributed by atoms with E-state index in [1.54, 1.807) is 4.90 Å². The monoisotopic (exact) mass is 291 g/mol. The van der Waals surface area contributed by atoms with E-state index in [-0.39, 0.29) is 18.4 Å². The summed E-state index contributed by atoms with van der Waals surface area (Å²) in [4.78, 5) is 14.4. The van der Waals surface area contributed by atoms with Gasteiger partial charge in [0.25, 0.3) is 5.91 Å². The minimum Gasteiger partial charge on any atom is -0.493 e. The largest absolute Gasteiger partial charge is 0.493 e. The first-order valence-corrected chi connectivity index (χ1v) is 7.51. The Hall–Kier alpha value is -1.59. The quantitative estimate of drug-likeness (QED) is 0.886. The molecule has 1 amide bonds. The summed E-state index contributed by atoms with van der Waals surface area (Å²) in [5.41, 5.74) is 1.80. The molecule has 2 aliphatic heterocycles. The molecule has 1 atom stereocenters. The third-order valence-electron chi connectivity index (χ3n) is 4.04. The number of rotatable bonds is 2. The number of aliphatic hydroxyl groups is 1. The van der Waals surface area contributed by atoms with Crippen molar-refractivity contribution in [3.8, 4) is 5.75 Å². The zero-order valence-electron chi connectivity index (χ0n) is 12.1. The van der Waals surface area contributed by atoms with Gasteiger partial charge in [0, 0.05) is 31.2 Å². The van der Waals surface area contributed by atoms with E-state index >= 15 is 0 Å². The maximum absolute atomic E-state index is 12.6. The maximum Gasteiger partial charge on any atom is 0.253 e. The van der Waals surface area contributed by atoms with Crippen LogP contribution >= 0.6 is 0 Å². The Morgan fingerprint density at radius 2 is 2.29 bits per heavy atom. The van der Waals surface area contributed by atoms with Crippen molar-refractivity contribution < 1.29 is 19.4 Å². The fourth-order valence-corrected chi connectivity index (χ4v) is 2.85. The number of hydrogen-bond acceptors (Lipinski definition) is 4. The lowest BCUT2D eigenvalue weighted by Crippen LogP contribution is -2.36. The Morgan fingerprint density at radius 1 is 1.38 bits per heavy atom. The van der Waals surface area contributed by atoms with Crippen LogP contribution in [-0.4, -0.2) is 55.4 Å². The van der Waals surface area contributed by atoms with Crippen molar-refractivity contribution >= 4 is 5.91 Å². The maximum atomic E-state index is 12.6. The summed E-state index contributed by atoms with van der Waals surface area (Å²) in [6.07, 6.45) is 1.95. The number of aryl methyl sites for hydroxylation is 1. The summed E-state index contributed by atoms with van der Waals surface area (Å²) in [7, 11) is 0. The Balaban J connectivity index is 1.77. The smallest absolute Gasteiger partial charge is 0.253 e. The van der Waals surface area contributed by atoms with Crippen LogP contribution in [0.3, 0.4) is 0 Å². The van der Waals surface area contributed by atoms with Gasteiger partial charge < -0.3 is 19.5 Å². The molecule has 5 nitrogen and oxygen atoms in total. The zero-order chi connectivity index (χ0) is 14.7. The molecule has 0 radical (unpaired) electrons. The molecule has 2 heterocycles. The molecule has 1 saturated heterocycles. The summed E-state index contributed by atoms with van der Waals surface area (Å²) in [5, 5.41) is 9.31. The molecule has 0 saturated carbocycles. The standard InChI is InChI=1S/C16H21NO4/c18-10-12-9-17(5-7-20-11-12)16(19)14-3-4-15-13(8-14)2-1-6-21-15/h3-4,8,12,18H,1-2,5-7,9-11H2. The van der Waals surface area contributed by atoms with E-state index in [1.165, 1.54) is 0 Å². The number of amides is 1. The molecule has 5 heteroatoms. The molecule has 1 fully saturated rings. The number of ether oxygens (including phenoxy) is 2. The number of aliphatic hydroxyl groups excluding tert-OH is 1. The van der Waals surface area contributed by atoms with Gasteiger partial charge in [-0.1, -0.05) is 0 Å². The van der Waals surface area contributed by atoms with Gasteiger partial charge in [0.05, 0.1) is 19.8 Å². The highest BCUT2D eigenvalue weighted by molar-refractivity contribution is 5.94. The van der Waals surface area contributed by atoms with Crippen LogP contribution in [0.25, 0.3) is 0 Å². The Bertz CT molecular complexity index is 517. The van der Waals surface area contributed by atoms with Crippen molar-refractivity contribution in [2.45, 2.75) is 12.8 Å². The lowest BCUT2D eigenvalue weighted by molar-refractivity contribution is 0.0728. The zero-order valence-corrected chi connectivity index (χ0v) is 12.1. The summed E-state index contributed by atoms with van der Waals surface area (Å²) in [6.45, 7) is 2.95. The highest BCUT2D eigenvalue weighted by Crippen LogP contribution is 2.26. The Morgan fingerprint density at radius 3 is 3.14 bits per heavy atom. The molecule has 114 valence electrons. The predicted molar refractivity (Wildman–Crippen MR) is 77.6 cm³/mol. The molecule has 1 aromatic rings. The lowest BCUT2D eigenvalue weighted by atomic mass is 10.0. The third-order valence-corrected chi connectivity index (χ3v) is 4.04. The molecular formula is C16H21NO4. The number of nitrogens with zero attached hydrogens (tertiary/aromatic N) is 1. The van der Waals surface area contributed by atoms with E-state index < -0.39 is 0 Å². The summed E-state index contributed by atoms with van der Waals surface area (Å²) < 4.78 is 11.0. The van der Waals surface area contributed by atoms with Crippen LogP contribution in [0.5, 0.6) is 5.75 Å². The number of fused-ring (bicyclic) bond motifs is 1. The summed E-state index contributed by atoms with van der Waals surface area (Å²) >= 11 is 0. The molecule has 0 spiro atoms. The van der Waals surface area contributed by atoms with Crippen LogP contribution in [0.15, 0.2) is 18.2 Å². The van der Waals surface area contributed by atoms with E-state index in [1.807, 2.05) is 18.2 Å². The van der Waals surface area contributed by atoms with Gasteiger partial charge in [0.1, 0.15) is 5.75 Å². The van der Waals surface area contributed by atoms with E-state index in [0.717, 1.165) is 30.8 Å². The molecule has 3 rings (SSSR count). The number of carbonyl (C=O) groups excluding carboxylic acids is 1. The van der Waals surface area contributed by atoms with Crippen molar-refractivity contribution in [2.75, 3.05) is 39.5 Å². The van der Waals surface area contributed by atoms with E-state index in [0.29, 0.717) is 31.9 Å². The molecule has 0 bridgehead atoms. The molecule has 1 unspecified atom stereocenters. The van der Waals surface area contributed by atoms with Crippen LogP contribution in [0, 0.1) is 5.92 Å². The molecule has 1 aromatic carbocycles. The van der Waals surface area contributed by atoms with Crippen LogP contribution in [0.1, 0.15) is 22.3 Å². The van der Waals surface area contributed by atoms with Crippen LogP contribution in [0.4, 0.5) is 0 Å². The molecule has 0 aromatic heterocycles. The average Bonchev–Trinajstić information content (AvgIpc) is 2.79. The molecular weight excluding hydrogens is 270 g/mol. The third kappa shape index (κ3) is 3.19. The first kappa shape index (κ1) is 14.4. The predicted octanol–water partition coefficient (Wildman–Crippen LogP) is 1.09. The highest BCUT2D eigenvalue weighted by Gasteiger charge is 2.24. The average molecular weight is 291 g/mol. The highest BCUT2D eigenvalue weighted by atomic mass is 16.5. The normalized spacial score (nSPS) is 22.1. The van der Waals surface area contributed by atoms with Gasteiger partial charge in [-0.3, -0.25) is 4.79 Å². The Kier molecular flexibility index (Phi) is 4.41. The Labute approximate surface area is 124 Å². The second-order valence-electron chi connectivity index (χ2n) is 5.65. The number of hydrogen-bond donors (Lipinski definition) is 1. The van der Waals surface area contributed by atoms with Crippen molar-refractivity contribution in [1.29, 1.82) is 0 Å². The summed E-state index contributed by atoms with van der Waals surface area (Å²) in [6, 6.07) is 5.66. The topological polar surface area (TPSA) is 59.0 Å². The first-order chi connectivity index (χ1) is 10.3. The fraction of sp³-hybridized carbons (Fsp3) is 0.562. The summed E-state index contributed by atoms with van der Waals surface area (Å²) in [5.74, 6) is 0.898.